The summed E-state index contributed by atoms with van der Waals surface area (Å²) in [5.41, 5.74) is -1.09. The Morgan fingerprint density at radius 2 is 2.22 bits per heavy atom. The molecule has 1 aromatic heterocycles. The fourth-order valence-corrected chi connectivity index (χ4v) is 1.48. The fraction of sp³-hybridized carbons (Fsp3) is 0.400. The van der Waals surface area contributed by atoms with Crippen molar-refractivity contribution in [2.75, 3.05) is 6.54 Å². The van der Waals surface area contributed by atoms with E-state index in [1.165, 1.54) is 13.0 Å². The van der Waals surface area contributed by atoms with E-state index in [0.29, 0.717) is 0 Å². The van der Waals surface area contributed by atoms with Gasteiger partial charge >= 0.3 is 6.18 Å². The van der Waals surface area contributed by atoms with Gasteiger partial charge in [0.1, 0.15) is 6.54 Å². The first-order chi connectivity index (χ1) is 8.27. The van der Waals surface area contributed by atoms with Crippen molar-refractivity contribution in [1.82, 2.24) is 15.1 Å². The second kappa shape index (κ2) is 5.43. The summed E-state index contributed by atoms with van der Waals surface area (Å²) >= 11 is 5.54. The number of nitrogens with zero attached hydrogens (tertiary/aromatic N) is 2. The summed E-state index contributed by atoms with van der Waals surface area (Å²) in [6.07, 6.45) is -3.17. The molecule has 0 spiro atoms. The second-order valence-corrected chi connectivity index (χ2v) is 3.87. The zero-order valence-electron chi connectivity index (χ0n) is 9.51. The zero-order chi connectivity index (χ0) is 13.9. The third-order valence-corrected chi connectivity index (χ3v) is 2.59. The minimum atomic E-state index is -4.63. The first-order valence-electron chi connectivity index (χ1n) is 4.95. The van der Waals surface area contributed by atoms with Crippen LogP contribution < -0.4 is 5.32 Å². The molecule has 0 fully saturated rings. The van der Waals surface area contributed by atoms with Crippen molar-refractivity contribution in [3.8, 4) is 0 Å². The van der Waals surface area contributed by atoms with E-state index in [0.717, 1.165) is 4.68 Å². The van der Waals surface area contributed by atoms with Gasteiger partial charge in [-0.25, -0.2) is 0 Å². The Morgan fingerprint density at radius 1 is 1.61 bits per heavy atom. The molecule has 0 saturated carbocycles. The van der Waals surface area contributed by atoms with Crippen LogP contribution in [0.2, 0.25) is 5.02 Å². The van der Waals surface area contributed by atoms with E-state index in [2.05, 4.69) is 17.0 Å². The number of halogens is 4. The lowest BCUT2D eigenvalue weighted by molar-refractivity contribution is -0.141. The molecule has 1 aromatic rings. The molecule has 18 heavy (non-hydrogen) atoms. The van der Waals surface area contributed by atoms with Gasteiger partial charge in [-0.15, -0.1) is 6.58 Å². The Bertz CT molecular complexity index is 468. The lowest BCUT2D eigenvalue weighted by Crippen LogP contribution is -2.28. The van der Waals surface area contributed by atoms with Crippen molar-refractivity contribution in [3.05, 3.63) is 29.1 Å². The zero-order valence-corrected chi connectivity index (χ0v) is 10.3. The van der Waals surface area contributed by atoms with Crippen LogP contribution in [-0.4, -0.2) is 22.2 Å². The summed E-state index contributed by atoms with van der Waals surface area (Å²) in [6.45, 7) is 4.68. The van der Waals surface area contributed by atoms with Crippen molar-refractivity contribution in [1.29, 1.82) is 0 Å². The van der Waals surface area contributed by atoms with Gasteiger partial charge in [0, 0.05) is 6.54 Å². The van der Waals surface area contributed by atoms with Gasteiger partial charge in [0.25, 0.3) is 0 Å². The quantitative estimate of drug-likeness (QED) is 0.860. The molecule has 1 heterocycles. The van der Waals surface area contributed by atoms with E-state index in [-0.39, 0.29) is 18.8 Å². The summed E-state index contributed by atoms with van der Waals surface area (Å²) in [5, 5.41) is 5.25. The van der Waals surface area contributed by atoms with Crippen LogP contribution in [0.3, 0.4) is 0 Å². The third-order valence-electron chi connectivity index (χ3n) is 2.14. The third kappa shape index (κ3) is 3.25. The SMILES string of the molecule is C=CCNC(=O)Cn1nc(C(F)(F)F)c(Cl)c1C. The average Bonchev–Trinajstić information content (AvgIpc) is 2.54. The van der Waals surface area contributed by atoms with E-state index in [4.69, 9.17) is 11.6 Å². The molecule has 0 aliphatic rings. The Hall–Kier alpha value is -1.50. The molecule has 0 radical (unpaired) electrons. The fourth-order valence-electron chi connectivity index (χ4n) is 1.24. The molecule has 0 bridgehead atoms. The number of hydrogen-bond donors (Lipinski definition) is 1. The lowest BCUT2D eigenvalue weighted by atomic mass is 10.3. The number of alkyl halides is 3. The van der Waals surface area contributed by atoms with Crippen LogP contribution in [-0.2, 0) is 17.5 Å². The van der Waals surface area contributed by atoms with Crippen molar-refractivity contribution in [2.45, 2.75) is 19.6 Å². The molecule has 0 aliphatic carbocycles. The highest BCUT2D eigenvalue weighted by molar-refractivity contribution is 6.31. The van der Waals surface area contributed by atoms with Crippen molar-refractivity contribution >= 4 is 17.5 Å². The molecule has 100 valence electrons. The maximum Gasteiger partial charge on any atom is 0.436 e. The highest BCUT2D eigenvalue weighted by Gasteiger charge is 2.38. The first kappa shape index (κ1) is 14.6. The smallest absolute Gasteiger partial charge is 0.351 e. The normalized spacial score (nSPS) is 11.4. The number of hydrogen-bond acceptors (Lipinski definition) is 2. The van der Waals surface area contributed by atoms with Crippen LogP contribution in [0.25, 0.3) is 0 Å². The summed E-state index contributed by atoms with van der Waals surface area (Å²) in [6, 6.07) is 0. The number of carbonyl (C=O) groups excluding carboxylic acids is 1. The molecule has 0 aromatic carbocycles. The Labute approximate surface area is 106 Å². The molecule has 0 aliphatic heterocycles. The molecule has 8 heteroatoms. The predicted octanol–water partition coefficient (Wildman–Crippen LogP) is 2.17. The second-order valence-electron chi connectivity index (χ2n) is 3.50. The van der Waals surface area contributed by atoms with Gasteiger partial charge in [0.2, 0.25) is 5.91 Å². The maximum atomic E-state index is 12.5. The Morgan fingerprint density at radius 3 is 2.67 bits per heavy atom. The van der Waals surface area contributed by atoms with Gasteiger partial charge in [-0.1, -0.05) is 17.7 Å². The number of carbonyl (C=O) groups is 1. The molecule has 1 rings (SSSR count). The van der Waals surface area contributed by atoms with E-state index < -0.39 is 22.8 Å². The van der Waals surface area contributed by atoms with Gasteiger partial charge in [-0.3, -0.25) is 9.48 Å². The Balaban J connectivity index is 2.91. The molecule has 0 unspecified atom stereocenters. The van der Waals surface area contributed by atoms with E-state index in [1.54, 1.807) is 0 Å². The van der Waals surface area contributed by atoms with Gasteiger partial charge in [-0.2, -0.15) is 18.3 Å². The number of nitrogens with one attached hydrogen (secondary N) is 1. The minimum absolute atomic E-state index is 0.0951. The number of amides is 1. The van der Waals surface area contributed by atoms with Gasteiger partial charge in [-0.05, 0) is 6.92 Å². The highest BCUT2D eigenvalue weighted by Crippen LogP contribution is 2.35. The number of aromatic nitrogens is 2. The molecule has 4 nitrogen and oxygen atoms in total. The summed E-state index contributed by atoms with van der Waals surface area (Å²) in [5.74, 6) is -0.467. The van der Waals surface area contributed by atoms with E-state index in [1.807, 2.05) is 0 Å². The predicted molar refractivity (Wildman–Crippen MR) is 60.2 cm³/mol. The van der Waals surface area contributed by atoms with E-state index in [9.17, 15) is 18.0 Å². The molecule has 0 saturated heterocycles. The minimum Gasteiger partial charge on any atom is -0.351 e. The molecule has 1 amide bonds. The van der Waals surface area contributed by atoms with Crippen LogP contribution in [0.5, 0.6) is 0 Å². The molecular formula is C10H11ClF3N3O. The molecule has 1 N–H and O–H groups in total. The largest absolute Gasteiger partial charge is 0.436 e. The van der Waals surface area contributed by atoms with Gasteiger partial charge in [0.15, 0.2) is 5.69 Å². The van der Waals surface area contributed by atoms with Crippen molar-refractivity contribution < 1.29 is 18.0 Å². The monoisotopic (exact) mass is 281 g/mol. The lowest BCUT2D eigenvalue weighted by Gasteiger charge is -2.04. The number of rotatable bonds is 4. The standard InChI is InChI=1S/C10H11ClF3N3O/c1-3-4-15-7(18)5-17-6(2)8(11)9(16-17)10(12,13)14/h3H,1,4-5H2,2H3,(H,15,18). The van der Waals surface area contributed by atoms with Gasteiger partial charge in [0.05, 0.1) is 10.7 Å². The van der Waals surface area contributed by atoms with Crippen LogP contribution in [0.4, 0.5) is 13.2 Å². The van der Waals surface area contributed by atoms with Crippen LogP contribution in [0, 0.1) is 6.92 Å². The van der Waals surface area contributed by atoms with Crippen LogP contribution >= 0.6 is 11.6 Å². The van der Waals surface area contributed by atoms with E-state index >= 15 is 0 Å². The molecular weight excluding hydrogens is 271 g/mol. The summed E-state index contributed by atoms with van der Waals surface area (Å²) < 4.78 is 38.4. The Kier molecular flexibility index (Phi) is 4.39. The first-order valence-corrected chi connectivity index (χ1v) is 5.33. The highest BCUT2D eigenvalue weighted by atomic mass is 35.5. The molecule has 0 atom stereocenters. The van der Waals surface area contributed by atoms with Crippen LogP contribution in [0.1, 0.15) is 11.4 Å². The topological polar surface area (TPSA) is 46.9 Å². The average molecular weight is 282 g/mol. The van der Waals surface area contributed by atoms with Crippen LogP contribution in [0.15, 0.2) is 12.7 Å². The van der Waals surface area contributed by atoms with Crippen molar-refractivity contribution in [2.24, 2.45) is 0 Å². The van der Waals surface area contributed by atoms with Crippen molar-refractivity contribution in [3.63, 3.8) is 0 Å². The summed E-state index contributed by atoms with van der Waals surface area (Å²) in [7, 11) is 0. The summed E-state index contributed by atoms with van der Waals surface area (Å²) in [4.78, 5) is 11.3. The van der Waals surface area contributed by atoms with Gasteiger partial charge < -0.3 is 5.32 Å². The maximum absolute atomic E-state index is 12.5.